The number of carboxylic acid groups (broad SMARTS) is 1. The number of benzene rings is 4. The molecule has 1 atom stereocenters. The van der Waals surface area contributed by atoms with Gasteiger partial charge in [-0.3, -0.25) is 19.4 Å². The summed E-state index contributed by atoms with van der Waals surface area (Å²) < 4.78 is 12.1. The Morgan fingerprint density at radius 3 is 2.22 bits per heavy atom. The van der Waals surface area contributed by atoms with Crippen molar-refractivity contribution < 1.29 is 45.4 Å². The number of hydrogen-bond acceptors (Lipinski definition) is 15. The van der Waals surface area contributed by atoms with Gasteiger partial charge in [-0.25, -0.2) is 19.6 Å². The third-order valence-corrected chi connectivity index (χ3v) is 10.4. The van der Waals surface area contributed by atoms with Crippen LogP contribution in [0.5, 0.6) is 23.0 Å². The molecule has 8 rings (SSSR count). The number of carboxylic acids is 1. The minimum absolute atomic E-state index is 0. The van der Waals surface area contributed by atoms with Gasteiger partial charge in [-0.1, -0.05) is 6.07 Å². The summed E-state index contributed by atoms with van der Waals surface area (Å²) in [6.07, 6.45) is 1.09. The van der Waals surface area contributed by atoms with E-state index in [9.17, 15) is 39.3 Å². The number of H-pyrrole nitrogens is 1. The number of rotatable bonds is 13. The molecule has 4 aromatic carbocycles. The number of phenols is 2. The molecular weight excluding hydrogens is 860 g/mol. The standard InChI is InChI=1S/C42H36N10O10S.Na.H2/c43-40-51-35-34(37(57)52-40)48-23(19-47-35)18-46-21-3-1-20(2-4-21)36(56)50-30(38(58)59)11-12-33(55)44-13-14-45-41(63)49-22-5-8-27-26(15-22)39(60)62-42(27)28-9-6-24(53)16-31(28)61-32-17-25(54)7-10-29(32)42;;/h1-10,15-17,19,30,46,53-54H,11-14,18H2,(H,44,55)(H,50,56)(H,58,59)(H2,45,49,63)(H3,43,47,51,52,57);;1H/t30-;;/m0../s1. The summed E-state index contributed by atoms with van der Waals surface area (Å²) in [5.74, 6) is -2.67. The first kappa shape index (κ1) is 44.7. The van der Waals surface area contributed by atoms with Crippen molar-refractivity contribution in [3.8, 4) is 23.0 Å². The fraction of sp³-hybridized carbons (Fsp3) is 0.167. The van der Waals surface area contributed by atoms with Crippen molar-refractivity contribution in [2.75, 3.05) is 29.5 Å². The molecule has 0 unspecified atom stereocenters. The first-order valence-electron chi connectivity index (χ1n) is 19.2. The maximum Gasteiger partial charge on any atom is 0.340 e. The number of fused-ring (bicyclic) bond motifs is 7. The summed E-state index contributed by atoms with van der Waals surface area (Å²) in [5, 5.41) is 44.4. The molecule has 2 aromatic heterocycles. The van der Waals surface area contributed by atoms with Gasteiger partial charge >= 0.3 is 11.9 Å². The van der Waals surface area contributed by atoms with E-state index in [1.165, 1.54) is 42.6 Å². The predicted octanol–water partition coefficient (Wildman–Crippen LogP) is 2.82. The Balaban J connectivity index is 0.00000350. The molecule has 1 radical (unpaired) electrons. The van der Waals surface area contributed by atoms with Crippen LogP contribution in [0.1, 0.15) is 57.4 Å². The molecule has 4 heterocycles. The van der Waals surface area contributed by atoms with Crippen LogP contribution in [0.4, 0.5) is 17.3 Å². The minimum Gasteiger partial charge on any atom is -0.508 e. The van der Waals surface area contributed by atoms with Gasteiger partial charge in [0.15, 0.2) is 21.9 Å². The minimum atomic E-state index is -1.41. The molecule has 0 fully saturated rings. The predicted molar refractivity (Wildman–Crippen MR) is 237 cm³/mol. The monoisotopic (exact) mass is 897 g/mol. The van der Waals surface area contributed by atoms with Crippen molar-refractivity contribution in [3.05, 3.63) is 129 Å². The van der Waals surface area contributed by atoms with Crippen molar-refractivity contribution in [2.45, 2.75) is 31.0 Å². The van der Waals surface area contributed by atoms with Crippen LogP contribution in [-0.2, 0) is 26.5 Å². The number of aromatic amines is 1. The SMILES string of the molecule is Nc1nc2ncc(CNc3ccc(C(=O)N[C@@H](CCC(=O)NCCNC(=S)Nc4ccc5c(c4)C(=O)OC54c5ccc(O)cc5Oc5cc(O)ccc54)C(=O)O)cc3)nc2c(=O)[nH]1.[HH].[Na]. The van der Waals surface area contributed by atoms with Crippen LogP contribution >= 0.6 is 12.2 Å². The summed E-state index contributed by atoms with van der Waals surface area (Å²) in [7, 11) is 0. The number of anilines is 3. The Kier molecular flexibility index (Phi) is 13.0. The second kappa shape index (κ2) is 18.6. The second-order valence-corrected chi connectivity index (χ2v) is 14.8. The number of carbonyl (C=O) groups excluding carboxylic acids is 3. The number of nitrogens with two attached hydrogens (primary N) is 1. The number of phenolic OH excluding ortho intramolecular Hbond substituents is 2. The van der Waals surface area contributed by atoms with E-state index in [4.69, 9.17) is 27.4 Å². The number of nitrogen functional groups attached to an aromatic ring is 1. The van der Waals surface area contributed by atoms with Gasteiger partial charge in [0, 0.05) is 96.3 Å². The molecule has 2 amide bonds. The molecular formula is C42H38N10NaO10S. The van der Waals surface area contributed by atoms with Gasteiger partial charge in [0.2, 0.25) is 11.9 Å². The van der Waals surface area contributed by atoms with Gasteiger partial charge in [-0.2, -0.15) is 4.98 Å². The number of esters is 1. The first-order valence-corrected chi connectivity index (χ1v) is 19.6. The number of aromatic nitrogens is 4. The van der Waals surface area contributed by atoms with Crippen molar-refractivity contribution in [1.29, 1.82) is 0 Å². The van der Waals surface area contributed by atoms with E-state index in [2.05, 4.69) is 46.5 Å². The number of ether oxygens (including phenoxy) is 2. The normalized spacial score (nSPS) is 13.2. The fourth-order valence-corrected chi connectivity index (χ4v) is 7.41. The fourth-order valence-electron chi connectivity index (χ4n) is 7.19. The number of aromatic hydroxyl groups is 2. The van der Waals surface area contributed by atoms with Crippen LogP contribution in [0, 0.1) is 0 Å². The summed E-state index contributed by atoms with van der Waals surface area (Å²) in [6.45, 7) is 0.533. The Bertz CT molecular complexity index is 2870. The Labute approximate surface area is 390 Å². The van der Waals surface area contributed by atoms with E-state index in [1.54, 1.807) is 42.5 Å². The molecule has 0 aliphatic carbocycles. The topological polar surface area (TPSA) is 305 Å². The molecule has 6 aromatic rings. The van der Waals surface area contributed by atoms with Crippen LogP contribution in [0.3, 0.4) is 0 Å². The average molecular weight is 898 g/mol. The summed E-state index contributed by atoms with van der Waals surface area (Å²) in [4.78, 5) is 77.7. The van der Waals surface area contributed by atoms with Crippen molar-refractivity contribution in [2.24, 2.45) is 0 Å². The summed E-state index contributed by atoms with van der Waals surface area (Å²) in [6, 6.07) is 18.9. The Morgan fingerprint density at radius 2 is 1.53 bits per heavy atom. The molecule has 11 N–H and O–H groups in total. The number of nitrogens with one attached hydrogen (secondary N) is 6. The first-order chi connectivity index (χ1) is 30.3. The smallest absolute Gasteiger partial charge is 0.340 e. The molecule has 2 aliphatic heterocycles. The Hall–Kier alpha value is -7.33. The number of nitrogens with zero attached hydrogens (tertiary/aromatic N) is 3. The zero-order valence-electron chi connectivity index (χ0n) is 33.7. The van der Waals surface area contributed by atoms with E-state index in [-0.39, 0.29) is 120 Å². The maximum absolute atomic E-state index is 13.4. The van der Waals surface area contributed by atoms with Crippen molar-refractivity contribution >= 4 is 99.1 Å². The molecule has 2 aliphatic rings. The van der Waals surface area contributed by atoms with Gasteiger partial charge < -0.3 is 57.1 Å². The van der Waals surface area contributed by atoms with Crippen LogP contribution in [0.2, 0.25) is 0 Å². The second-order valence-electron chi connectivity index (χ2n) is 14.3. The molecule has 0 bridgehead atoms. The van der Waals surface area contributed by atoms with Crippen LogP contribution < -0.4 is 42.6 Å². The third-order valence-electron chi connectivity index (χ3n) is 10.1. The number of aliphatic carboxylic acids is 1. The van der Waals surface area contributed by atoms with E-state index < -0.39 is 41.0 Å². The van der Waals surface area contributed by atoms with Crippen LogP contribution in [0.15, 0.2) is 89.9 Å². The molecule has 323 valence electrons. The summed E-state index contributed by atoms with van der Waals surface area (Å²) in [5.41, 5.74) is 7.24. The molecule has 22 heteroatoms. The summed E-state index contributed by atoms with van der Waals surface area (Å²) >= 11 is 5.43. The van der Waals surface area contributed by atoms with Gasteiger partial charge in [-0.15, -0.1) is 0 Å². The molecule has 0 saturated heterocycles. The Morgan fingerprint density at radius 1 is 0.875 bits per heavy atom. The average Bonchev–Trinajstić information content (AvgIpc) is 3.53. The van der Waals surface area contributed by atoms with Gasteiger partial charge in [0.1, 0.15) is 29.0 Å². The van der Waals surface area contributed by atoms with E-state index in [0.717, 1.165) is 0 Å². The number of carbonyl (C=O) groups is 4. The molecule has 20 nitrogen and oxygen atoms in total. The zero-order chi connectivity index (χ0) is 44.4. The largest absolute Gasteiger partial charge is 0.508 e. The third kappa shape index (κ3) is 9.22. The van der Waals surface area contributed by atoms with Crippen molar-refractivity contribution in [1.82, 2.24) is 35.9 Å². The molecule has 64 heavy (non-hydrogen) atoms. The maximum atomic E-state index is 13.4. The number of hydrogen-bond donors (Lipinski definition) is 10. The van der Waals surface area contributed by atoms with Crippen LogP contribution in [-0.4, -0.2) is 113 Å². The van der Waals surface area contributed by atoms with Gasteiger partial charge in [0.25, 0.3) is 11.5 Å². The van der Waals surface area contributed by atoms with Crippen molar-refractivity contribution in [3.63, 3.8) is 0 Å². The molecule has 1 spiro atoms. The van der Waals surface area contributed by atoms with E-state index in [0.29, 0.717) is 33.8 Å². The number of thiocarbonyl (C=S) groups is 1. The van der Waals surface area contributed by atoms with E-state index in [1.807, 2.05) is 0 Å². The molecule has 0 saturated carbocycles. The number of amides is 2. The quantitative estimate of drug-likeness (QED) is 0.0345. The van der Waals surface area contributed by atoms with Gasteiger partial charge in [0.05, 0.1) is 24.0 Å². The van der Waals surface area contributed by atoms with Gasteiger partial charge in [-0.05, 0) is 79.3 Å². The zero-order valence-corrected chi connectivity index (χ0v) is 36.5. The van der Waals surface area contributed by atoms with E-state index >= 15 is 0 Å². The van der Waals surface area contributed by atoms with Crippen LogP contribution in [0.25, 0.3) is 11.2 Å².